The van der Waals surface area contributed by atoms with Gasteiger partial charge in [-0.05, 0) is 17.7 Å². The Kier molecular flexibility index (Phi) is 5.35. The van der Waals surface area contributed by atoms with Gasteiger partial charge in [-0.25, -0.2) is 0 Å². The molecule has 0 aliphatic rings. The predicted octanol–water partition coefficient (Wildman–Crippen LogP) is 3.69. The first kappa shape index (κ1) is 16.5. The van der Waals surface area contributed by atoms with E-state index in [1.165, 1.54) is 24.4 Å². The fourth-order valence-corrected chi connectivity index (χ4v) is 1.76. The maximum Gasteiger partial charge on any atom is 0.418 e. The van der Waals surface area contributed by atoms with E-state index in [1.807, 2.05) is 18.2 Å². The third-order valence-corrected chi connectivity index (χ3v) is 2.78. The highest BCUT2D eigenvalue weighted by Crippen LogP contribution is 2.34. The minimum atomic E-state index is -4.55. The molecule has 7 heteroatoms. The smallest absolute Gasteiger partial charge is 0.386 e. The molecule has 0 aliphatic heterocycles. The Morgan fingerprint density at radius 1 is 1.09 bits per heavy atom. The van der Waals surface area contributed by atoms with Crippen molar-refractivity contribution in [3.63, 3.8) is 0 Å². The zero-order valence-electron chi connectivity index (χ0n) is 11.9. The highest BCUT2D eigenvalue weighted by molar-refractivity contribution is 5.92. The van der Waals surface area contributed by atoms with Crippen molar-refractivity contribution >= 4 is 17.8 Å². The van der Waals surface area contributed by atoms with E-state index in [9.17, 15) is 18.0 Å². The fraction of sp³-hybridized carbons (Fsp3) is 0.125. The lowest BCUT2D eigenvalue weighted by Crippen LogP contribution is -2.20. The Balaban J connectivity index is 1.90. The highest BCUT2D eigenvalue weighted by atomic mass is 19.4. The predicted molar refractivity (Wildman–Crippen MR) is 80.1 cm³/mol. The third kappa shape index (κ3) is 5.14. The minimum absolute atomic E-state index is 0.319. The number of nitrogens with one attached hydrogen (secondary N) is 1. The summed E-state index contributed by atoms with van der Waals surface area (Å²) in [7, 11) is 0. The second kappa shape index (κ2) is 7.44. The lowest BCUT2D eigenvalue weighted by molar-refractivity contribution is -0.137. The van der Waals surface area contributed by atoms with Crippen LogP contribution in [0.3, 0.4) is 0 Å². The van der Waals surface area contributed by atoms with Crippen LogP contribution in [0, 0.1) is 0 Å². The van der Waals surface area contributed by atoms with Crippen LogP contribution in [0.15, 0.2) is 59.8 Å². The van der Waals surface area contributed by atoms with Gasteiger partial charge in [0.05, 0.1) is 17.5 Å². The van der Waals surface area contributed by atoms with Crippen LogP contribution in [0.25, 0.3) is 0 Å². The van der Waals surface area contributed by atoms with Gasteiger partial charge in [-0.1, -0.05) is 47.6 Å². The SMILES string of the molecule is O=C(CO/N=C\c1ccccc1)Nc1ccccc1C(F)(F)F. The van der Waals surface area contributed by atoms with Crippen LogP contribution in [0.2, 0.25) is 0 Å². The Labute approximate surface area is 130 Å². The van der Waals surface area contributed by atoms with Gasteiger partial charge in [0.2, 0.25) is 0 Å². The number of hydrogen-bond donors (Lipinski definition) is 1. The summed E-state index contributed by atoms with van der Waals surface area (Å²) in [4.78, 5) is 16.4. The Morgan fingerprint density at radius 2 is 1.74 bits per heavy atom. The van der Waals surface area contributed by atoms with Gasteiger partial charge in [0.1, 0.15) is 0 Å². The number of nitrogens with zero attached hydrogens (tertiary/aromatic N) is 1. The molecule has 120 valence electrons. The molecule has 1 amide bonds. The summed E-state index contributed by atoms with van der Waals surface area (Å²) in [5.41, 5.74) is -0.461. The summed E-state index contributed by atoms with van der Waals surface area (Å²) in [5.74, 6) is -0.730. The molecular weight excluding hydrogens is 309 g/mol. The second-order valence-electron chi connectivity index (χ2n) is 4.51. The number of benzene rings is 2. The van der Waals surface area contributed by atoms with E-state index in [0.717, 1.165) is 11.6 Å². The van der Waals surface area contributed by atoms with Crippen molar-refractivity contribution in [1.29, 1.82) is 0 Å². The van der Waals surface area contributed by atoms with Gasteiger partial charge in [-0.15, -0.1) is 0 Å². The molecule has 23 heavy (non-hydrogen) atoms. The zero-order chi connectivity index (χ0) is 16.7. The average molecular weight is 322 g/mol. The highest BCUT2D eigenvalue weighted by Gasteiger charge is 2.33. The Hall–Kier alpha value is -2.83. The molecule has 0 fully saturated rings. The van der Waals surface area contributed by atoms with E-state index >= 15 is 0 Å². The van der Waals surface area contributed by atoms with Gasteiger partial charge in [-0.2, -0.15) is 13.2 Å². The molecule has 0 bridgehead atoms. The van der Waals surface area contributed by atoms with Crippen molar-refractivity contribution < 1.29 is 22.8 Å². The summed E-state index contributed by atoms with van der Waals surface area (Å²) in [6.07, 6.45) is -3.15. The topological polar surface area (TPSA) is 50.7 Å². The largest absolute Gasteiger partial charge is 0.418 e. The second-order valence-corrected chi connectivity index (χ2v) is 4.51. The van der Waals surface area contributed by atoms with E-state index in [-0.39, 0.29) is 5.69 Å². The summed E-state index contributed by atoms with van der Waals surface area (Å²) in [6.45, 7) is -0.491. The molecule has 0 saturated heterocycles. The third-order valence-electron chi connectivity index (χ3n) is 2.78. The molecule has 0 spiro atoms. The summed E-state index contributed by atoms with van der Waals surface area (Å²) in [6, 6.07) is 13.7. The first-order valence-corrected chi connectivity index (χ1v) is 6.63. The molecule has 0 aromatic heterocycles. The van der Waals surface area contributed by atoms with Gasteiger partial charge >= 0.3 is 6.18 Å². The number of oxime groups is 1. The van der Waals surface area contributed by atoms with E-state index in [0.29, 0.717) is 0 Å². The number of carbonyl (C=O) groups excluding carboxylic acids is 1. The lowest BCUT2D eigenvalue weighted by Gasteiger charge is -2.12. The van der Waals surface area contributed by atoms with Crippen LogP contribution in [0.5, 0.6) is 0 Å². The summed E-state index contributed by atoms with van der Waals surface area (Å²) < 4.78 is 38.4. The average Bonchev–Trinajstić information content (AvgIpc) is 2.52. The van der Waals surface area contributed by atoms with Crippen LogP contribution < -0.4 is 5.32 Å². The van der Waals surface area contributed by atoms with E-state index in [4.69, 9.17) is 4.84 Å². The van der Waals surface area contributed by atoms with Crippen molar-refractivity contribution in [1.82, 2.24) is 0 Å². The van der Waals surface area contributed by atoms with Gasteiger partial charge < -0.3 is 10.2 Å². The Bertz CT molecular complexity index is 685. The van der Waals surface area contributed by atoms with E-state index in [2.05, 4.69) is 10.5 Å². The Morgan fingerprint density at radius 3 is 2.43 bits per heavy atom. The zero-order valence-corrected chi connectivity index (χ0v) is 11.9. The molecule has 4 nitrogen and oxygen atoms in total. The van der Waals surface area contributed by atoms with Crippen molar-refractivity contribution in [2.45, 2.75) is 6.18 Å². The molecule has 2 aromatic carbocycles. The summed E-state index contributed by atoms with van der Waals surface area (Å²) in [5, 5.41) is 5.74. The number of amides is 1. The quantitative estimate of drug-likeness (QED) is 0.674. The van der Waals surface area contributed by atoms with Crippen molar-refractivity contribution in [3.05, 3.63) is 65.7 Å². The molecule has 0 atom stereocenters. The molecule has 0 heterocycles. The normalized spacial score (nSPS) is 11.4. The number of halogens is 3. The molecule has 2 aromatic rings. The monoisotopic (exact) mass is 322 g/mol. The standard InChI is InChI=1S/C16H13F3N2O2/c17-16(18,19)13-8-4-5-9-14(13)21-15(22)11-23-20-10-12-6-2-1-3-7-12/h1-10H,11H2,(H,21,22)/b20-10-. The van der Waals surface area contributed by atoms with Gasteiger partial charge in [0.25, 0.3) is 5.91 Å². The fourth-order valence-electron chi connectivity index (χ4n) is 1.76. The first-order valence-electron chi connectivity index (χ1n) is 6.63. The van der Waals surface area contributed by atoms with Gasteiger partial charge in [0, 0.05) is 0 Å². The maximum atomic E-state index is 12.8. The summed E-state index contributed by atoms with van der Waals surface area (Å²) >= 11 is 0. The maximum absolute atomic E-state index is 12.8. The molecule has 1 N–H and O–H groups in total. The molecular formula is C16H13F3N2O2. The van der Waals surface area contributed by atoms with Crippen molar-refractivity contribution in [2.75, 3.05) is 11.9 Å². The van der Waals surface area contributed by atoms with E-state index < -0.39 is 24.3 Å². The molecule has 0 radical (unpaired) electrons. The van der Waals surface area contributed by atoms with Gasteiger partial charge in [0.15, 0.2) is 6.61 Å². The van der Waals surface area contributed by atoms with Crippen LogP contribution in [-0.4, -0.2) is 18.7 Å². The van der Waals surface area contributed by atoms with Crippen LogP contribution in [0.1, 0.15) is 11.1 Å². The van der Waals surface area contributed by atoms with Crippen LogP contribution >= 0.6 is 0 Å². The van der Waals surface area contributed by atoms with E-state index in [1.54, 1.807) is 12.1 Å². The number of hydrogen-bond acceptors (Lipinski definition) is 3. The minimum Gasteiger partial charge on any atom is -0.386 e. The molecule has 0 unspecified atom stereocenters. The number of anilines is 1. The van der Waals surface area contributed by atoms with Gasteiger partial charge in [-0.3, -0.25) is 4.79 Å². The number of carbonyl (C=O) groups is 1. The number of alkyl halides is 3. The van der Waals surface area contributed by atoms with Crippen LogP contribution in [-0.2, 0) is 15.8 Å². The number of para-hydroxylation sites is 1. The molecule has 0 saturated carbocycles. The number of rotatable bonds is 5. The van der Waals surface area contributed by atoms with Crippen molar-refractivity contribution in [3.8, 4) is 0 Å². The first-order chi connectivity index (χ1) is 11.0. The lowest BCUT2D eigenvalue weighted by atomic mass is 10.1. The van der Waals surface area contributed by atoms with Crippen LogP contribution in [0.4, 0.5) is 18.9 Å². The molecule has 0 aliphatic carbocycles. The molecule has 2 rings (SSSR count). The van der Waals surface area contributed by atoms with Crippen molar-refractivity contribution in [2.24, 2.45) is 5.16 Å².